The zero-order valence-corrected chi connectivity index (χ0v) is 18.1. The molecule has 0 amide bonds. The topological polar surface area (TPSA) is 49.7 Å². The van der Waals surface area contributed by atoms with Crippen molar-refractivity contribution in [1.82, 2.24) is 0 Å². The summed E-state index contributed by atoms with van der Waals surface area (Å²) >= 11 is 0. The van der Waals surface area contributed by atoms with Crippen LogP contribution in [0.4, 0.5) is 0 Å². The minimum atomic E-state index is -2.59. The van der Waals surface area contributed by atoms with E-state index in [0.29, 0.717) is 13.0 Å². The van der Waals surface area contributed by atoms with Gasteiger partial charge < -0.3 is 14.6 Å². The zero-order valence-electron chi connectivity index (χ0n) is 17.1. The molecular weight excluding hydrogens is 352 g/mol. The zero-order chi connectivity index (χ0) is 20.0. The van der Waals surface area contributed by atoms with Crippen LogP contribution in [0.3, 0.4) is 0 Å². The fourth-order valence-electron chi connectivity index (χ4n) is 3.75. The van der Waals surface area contributed by atoms with Gasteiger partial charge in [-0.2, -0.15) is 0 Å². The predicted octanol–water partition coefficient (Wildman–Crippen LogP) is 3.33. The molecule has 2 N–H and O–H groups in total. The fraction of sp³-hybridized carbons (Fsp3) is 0.478. The van der Waals surface area contributed by atoms with Crippen LogP contribution in [0.2, 0.25) is 5.04 Å². The molecule has 2 aromatic carbocycles. The second-order valence-corrected chi connectivity index (χ2v) is 13.1. The average Bonchev–Trinajstić information content (AvgIpc) is 2.67. The van der Waals surface area contributed by atoms with E-state index < -0.39 is 8.32 Å². The third-order valence-corrected chi connectivity index (χ3v) is 10.4. The Morgan fingerprint density at radius 1 is 0.815 bits per heavy atom. The van der Waals surface area contributed by atoms with Crippen LogP contribution in [0.25, 0.3) is 0 Å². The van der Waals surface area contributed by atoms with Crippen molar-refractivity contribution in [3.8, 4) is 0 Å². The molecule has 0 aromatic heterocycles. The van der Waals surface area contributed by atoms with Crippen molar-refractivity contribution in [3.63, 3.8) is 0 Å². The molecule has 27 heavy (non-hydrogen) atoms. The lowest BCUT2D eigenvalue weighted by atomic mass is 9.87. The van der Waals surface area contributed by atoms with E-state index in [2.05, 4.69) is 69.3 Å². The molecule has 3 nitrogen and oxygen atoms in total. The molecule has 0 bridgehead atoms. The van der Waals surface area contributed by atoms with E-state index in [9.17, 15) is 10.2 Å². The Balaban J connectivity index is 2.52. The summed E-state index contributed by atoms with van der Waals surface area (Å²) in [6, 6.07) is 21.1. The highest BCUT2D eigenvalue weighted by atomic mass is 28.4. The first kappa shape index (κ1) is 21.8. The van der Waals surface area contributed by atoms with Gasteiger partial charge in [0.25, 0.3) is 8.32 Å². The molecule has 0 radical (unpaired) electrons. The standard InChI is InChI=1S/C23H34O3Si/c1-22(2,3)27(20-12-7-5-8-13-20,21-14-9-6-10-15-21)26-19-23(4,18-25)16-11-17-24/h5-10,12-15,24-25H,11,16-19H2,1-4H3/t23-/m1/s1. The lowest BCUT2D eigenvalue weighted by Gasteiger charge is -2.45. The Bertz CT molecular complexity index is 642. The van der Waals surface area contributed by atoms with Gasteiger partial charge in [-0.1, -0.05) is 88.4 Å². The van der Waals surface area contributed by atoms with E-state index in [1.54, 1.807) is 0 Å². The largest absolute Gasteiger partial charge is 0.407 e. The van der Waals surface area contributed by atoms with Gasteiger partial charge in [-0.05, 0) is 28.3 Å². The highest BCUT2D eigenvalue weighted by Crippen LogP contribution is 2.38. The molecule has 4 heteroatoms. The van der Waals surface area contributed by atoms with Crippen molar-refractivity contribution in [2.75, 3.05) is 19.8 Å². The molecular formula is C23H34O3Si. The minimum Gasteiger partial charge on any atom is -0.407 e. The third-order valence-electron chi connectivity index (χ3n) is 5.37. The molecule has 148 valence electrons. The first-order valence-corrected chi connectivity index (χ1v) is 11.7. The molecule has 0 saturated heterocycles. The monoisotopic (exact) mass is 386 g/mol. The molecule has 0 fully saturated rings. The van der Waals surface area contributed by atoms with Gasteiger partial charge in [-0.25, -0.2) is 0 Å². The summed E-state index contributed by atoms with van der Waals surface area (Å²) in [6.45, 7) is 9.45. The second kappa shape index (κ2) is 9.15. The molecule has 0 saturated carbocycles. The van der Waals surface area contributed by atoms with Crippen LogP contribution in [0.1, 0.15) is 40.5 Å². The third kappa shape index (κ3) is 4.88. The first-order valence-electron chi connectivity index (χ1n) is 9.76. The van der Waals surface area contributed by atoms with Crippen LogP contribution in [0.5, 0.6) is 0 Å². The van der Waals surface area contributed by atoms with Gasteiger partial charge in [-0.3, -0.25) is 0 Å². The maximum absolute atomic E-state index is 10.0. The molecule has 0 aliphatic carbocycles. The molecule has 2 rings (SSSR count). The van der Waals surface area contributed by atoms with Gasteiger partial charge in [0.15, 0.2) is 0 Å². The molecule has 0 heterocycles. The Labute approximate surface area is 165 Å². The van der Waals surface area contributed by atoms with Crippen molar-refractivity contribution in [2.24, 2.45) is 5.41 Å². The summed E-state index contributed by atoms with van der Waals surface area (Å²) in [7, 11) is -2.59. The fourth-order valence-corrected chi connectivity index (χ4v) is 8.47. The van der Waals surface area contributed by atoms with Crippen molar-refractivity contribution < 1.29 is 14.6 Å². The van der Waals surface area contributed by atoms with E-state index in [0.717, 1.165) is 6.42 Å². The predicted molar refractivity (Wildman–Crippen MR) is 115 cm³/mol. The lowest BCUT2D eigenvalue weighted by molar-refractivity contribution is 0.0632. The Morgan fingerprint density at radius 2 is 1.30 bits per heavy atom. The summed E-state index contributed by atoms with van der Waals surface area (Å²) in [4.78, 5) is 0. The van der Waals surface area contributed by atoms with Crippen molar-refractivity contribution in [2.45, 2.75) is 45.6 Å². The van der Waals surface area contributed by atoms with E-state index in [4.69, 9.17) is 4.43 Å². The van der Waals surface area contributed by atoms with Gasteiger partial charge in [0.1, 0.15) is 0 Å². The van der Waals surface area contributed by atoms with Gasteiger partial charge >= 0.3 is 0 Å². The molecule has 0 aliphatic rings. The number of hydrogen-bond donors (Lipinski definition) is 2. The lowest BCUT2D eigenvalue weighted by Crippen LogP contribution is -2.67. The van der Waals surface area contributed by atoms with Gasteiger partial charge in [0, 0.05) is 18.6 Å². The summed E-state index contributed by atoms with van der Waals surface area (Å²) in [5.41, 5.74) is -0.365. The second-order valence-electron chi connectivity index (χ2n) is 8.75. The van der Waals surface area contributed by atoms with E-state index in [-0.39, 0.29) is 23.7 Å². The van der Waals surface area contributed by atoms with Crippen LogP contribution < -0.4 is 10.4 Å². The summed E-state index contributed by atoms with van der Waals surface area (Å²) in [5, 5.41) is 21.6. The Morgan fingerprint density at radius 3 is 1.67 bits per heavy atom. The van der Waals surface area contributed by atoms with Gasteiger partial charge in [0.05, 0.1) is 6.61 Å². The van der Waals surface area contributed by atoms with Gasteiger partial charge in [0.2, 0.25) is 0 Å². The maximum Gasteiger partial charge on any atom is 0.261 e. The minimum absolute atomic E-state index is 0.0468. The van der Waals surface area contributed by atoms with Crippen LogP contribution in [0.15, 0.2) is 60.7 Å². The highest BCUT2D eigenvalue weighted by Gasteiger charge is 2.50. The quantitative estimate of drug-likeness (QED) is 0.650. The number of aliphatic hydroxyl groups excluding tert-OH is 2. The Hall–Kier alpha value is -1.46. The molecule has 0 unspecified atom stereocenters. The summed E-state index contributed by atoms with van der Waals surface area (Å²) < 4.78 is 6.92. The van der Waals surface area contributed by atoms with Crippen molar-refractivity contribution in [1.29, 1.82) is 0 Å². The number of hydrogen-bond acceptors (Lipinski definition) is 3. The Kier molecular flexibility index (Phi) is 7.40. The SMILES string of the molecule is CC(C)(C)[Si](OC[C@@](C)(CO)CCCO)(c1ccccc1)c1ccccc1. The summed E-state index contributed by atoms with van der Waals surface area (Å²) in [5.74, 6) is 0. The number of rotatable bonds is 9. The normalized spacial score (nSPS) is 14.7. The molecule has 2 aromatic rings. The van der Waals surface area contributed by atoms with E-state index in [1.807, 2.05) is 19.1 Å². The van der Waals surface area contributed by atoms with Crippen LogP contribution in [-0.4, -0.2) is 38.4 Å². The smallest absolute Gasteiger partial charge is 0.261 e. The molecule has 0 aliphatic heterocycles. The van der Waals surface area contributed by atoms with Crippen LogP contribution in [-0.2, 0) is 4.43 Å². The molecule has 1 atom stereocenters. The maximum atomic E-state index is 10.0. The van der Waals surface area contributed by atoms with Crippen molar-refractivity contribution in [3.05, 3.63) is 60.7 Å². The summed E-state index contributed by atoms with van der Waals surface area (Å²) in [6.07, 6.45) is 1.40. The first-order chi connectivity index (χ1) is 12.8. The number of aliphatic hydroxyl groups is 2. The molecule has 0 spiro atoms. The van der Waals surface area contributed by atoms with Gasteiger partial charge in [-0.15, -0.1) is 0 Å². The van der Waals surface area contributed by atoms with Crippen molar-refractivity contribution >= 4 is 18.7 Å². The van der Waals surface area contributed by atoms with E-state index in [1.165, 1.54) is 10.4 Å². The average molecular weight is 387 g/mol. The van der Waals surface area contributed by atoms with Crippen LogP contribution in [0, 0.1) is 5.41 Å². The highest BCUT2D eigenvalue weighted by molar-refractivity contribution is 6.99. The van der Waals surface area contributed by atoms with E-state index >= 15 is 0 Å². The number of benzene rings is 2. The van der Waals surface area contributed by atoms with Crippen LogP contribution >= 0.6 is 0 Å².